The maximum Gasteiger partial charge on any atom is 0.186 e. The van der Waals surface area contributed by atoms with Gasteiger partial charge in [-0.3, -0.25) is 0 Å². The van der Waals surface area contributed by atoms with Gasteiger partial charge in [-0.2, -0.15) is 5.26 Å². The number of epoxide rings is 1. The number of fused-ring (bicyclic) bond motifs is 3. The van der Waals surface area contributed by atoms with Crippen molar-refractivity contribution in [3.63, 3.8) is 0 Å². The van der Waals surface area contributed by atoms with Crippen molar-refractivity contribution in [1.82, 2.24) is 0 Å². The number of hydrogen-bond donors (Lipinski definition) is 1. The minimum absolute atomic E-state index is 0.000972. The molecule has 3 rings (SSSR count). The summed E-state index contributed by atoms with van der Waals surface area (Å²) >= 11 is 0. The Morgan fingerprint density at radius 2 is 2.33 bits per heavy atom. The molecule has 0 spiro atoms. The van der Waals surface area contributed by atoms with E-state index in [0.717, 1.165) is 12.0 Å². The van der Waals surface area contributed by atoms with E-state index in [9.17, 15) is 5.11 Å². The first-order valence-corrected chi connectivity index (χ1v) is 5.26. The summed E-state index contributed by atoms with van der Waals surface area (Å²) in [5, 5.41) is 19.0. The van der Waals surface area contributed by atoms with Gasteiger partial charge in [0, 0.05) is 11.8 Å². The molecule has 1 aliphatic carbocycles. The highest BCUT2D eigenvalue weighted by atomic mass is 16.8. The van der Waals surface area contributed by atoms with Crippen molar-refractivity contribution in [2.24, 2.45) is 11.8 Å². The summed E-state index contributed by atoms with van der Waals surface area (Å²) < 4.78 is 10.8. The molecule has 0 aromatic rings. The average molecular weight is 207 g/mol. The largest absolute Gasteiger partial charge is 0.389 e. The standard InChI is InChI=1S/C11H13NO3/c1-5-2-6-8(4-12)14-11-10(15-11)9(6)7(13)3-5/h3,6-11,13H,2H2,1H3. The zero-order chi connectivity index (χ0) is 10.6. The first kappa shape index (κ1) is 9.34. The van der Waals surface area contributed by atoms with E-state index in [2.05, 4.69) is 6.07 Å². The first-order valence-electron chi connectivity index (χ1n) is 5.26. The molecule has 6 atom stereocenters. The monoisotopic (exact) mass is 207 g/mol. The summed E-state index contributed by atoms with van der Waals surface area (Å²) in [7, 11) is 0. The number of nitriles is 1. The number of ether oxygens (including phenoxy) is 2. The average Bonchev–Trinajstić information content (AvgIpc) is 2.93. The third kappa shape index (κ3) is 1.31. The van der Waals surface area contributed by atoms with Crippen molar-refractivity contribution in [3.05, 3.63) is 11.6 Å². The van der Waals surface area contributed by atoms with E-state index in [1.807, 2.05) is 13.0 Å². The first-order chi connectivity index (χ1) is 7.20. The van der Waals surface area contributed by atoms with Gasteiger partial charge < -0.3 is 14.6 Å². The molecule has 6 unspecified atom stereocenters. The van der Waals surface area contributed by atoms with Gasteiger partial charge in [0.05, 0.1) is 12.2 Å². The maximum atomic E-state index is 9.96. The van der Waals surface area contributed by atoms with Gasteiger partial charge in [-0.15, -0.1) is 0 Å². The fourth-order valence-corrected chi connectivity index (χ4v) is 2.84. The van der Waals surface area contributed by atoms with E-state index in [4.69, 9.17) is 14.7 Å². The molecule has 0 bridgehead atoms. The maximum absolute atomic E-state index is 9.96. The predicted molar refractivity (Wildman–Crippen MR) is 50.5 cm³/mol. The number of nitrogens with zero attached hydrogens (tertiary/aromatic N) is 1. The molecule has 0 saturated carbocycles. The van der Waals surface area contributed by atoms with Crippen LogP contribution in [0.4, 0.5) is 0 Å². The zero-order valence-corrected chi connectivity index (χ0v) is 8.46. The number of aliphatic hydroxyl groups is 1. The summed E-state index contributed by atoms with van der Waals surface area (Å²) in [6.45, 7) is 1.98. The van der Waals surface area contributed by atoms with Gasteiger partial charge in [0.1, 0.15) is 6.10 Å². The van der Waals surface area contributed by atoms with Crippen LogP contribution in [0.25, 0.3) is 0 Å². The Hall–Kier alpha value is -0.890. The molecule has 1 N–H and O–H groups in total. The third-order valence-corrected chi connectivity index (χ3v) is 3.56. The Balaban J connectivity index is 1.93. The molecule has 4 heteroatoms. The van der Waals surface area contributed by atoms with E-state index < -0.39 is 12.2 Å². The Kier molecular flexibility index (Phi) is 1.90. The smallest absolute Gasteiger partial charge is 0.186 e. The fourth-order valence-electron chi connectivity index (χ4n) is 2.84. The van der Waals surface area contributed by atoms with E-state index >= 15 is 0 Å². The Bertz CT molecular complexity index is 359. The molecule has 3 aliphatic rings. The van der Waals surface area contributed by atoms with Crippen LogP contribution in [-0.4, -0.2) is 29.7 Å². The van der Waals surface area contributed by atoms with Crippen molar-refractivity contribution in [2.75, 3.05) is 0 Å². The molecule has 2 heterocycles. The van der Waals surface area contributed by atoms with Crippen molar-refractivity contribution >= 4 is 0 Å². The quantitative estimate of drug-likeness (QED) is 0.466. The Morgan fingerprint density at radius 1 is 1.53 bits per heavy atom. The molecule has 15 heavy (non-hydrogen) atoms. The molecule has 2 aliphatic heterocycles. The number of aliphatic hydroxyl groups excluding tert-OH is 1. The minimum Gasteiger partial charge on any atom is -0.389 e. The third-order valence-electron chi connectivity index (χ3n) is 3.56. The fraction of sp³-hybridized carbons (Fsp3) is 0.727. The second kappa shape index (κ2) is 3.05. The van der Waals surface area contributed by atoms with E-state index in [0.29, 0.717) is 0 Å². The highest BCUT2D eigenvalue weighted by molar-refractivity contribution is 5.18. The molecule has 80 valence electrons. The van der Waals surface area contributed by atoms with Gasteiger partial charge in [-0.05, 0) is 13.3 Å². The summed E-state index contributed by atoms with van der Waals surface area (Å²) in [5.74, 6) is 0.121. The van der Waals surface area contributed by atoms with Crippen molar-refractivity contribution in [2.45, 2.75) is 37.9 Å². The predicted octanol–water partition coefficient (Wildman–Crippen LogP) is 0.577. The lowest BCUT2D eigenvalue weighted by Crippen LogP contribution is -2.45. The second-order valence-corrected chi connectivity index (χ2v) is 4.60. The van der Waals surface area contributed by atoms with Crippen molar-refractivity contribution in [3.8, 4) is 6.07 Å². The summed E-state index contributed by atoms with van der Waals surface area (Å²) in [6, 6.07) is 2.16. The van der Waals surface area contributed by atoms with Gasteiger partial charge in [0.25, 0.3) is 0 Å². The van der Waals surface area contributed by atoms with Crippen LogP contribution in [0.15, 0.2) is 11.6 Å². The van der Waals surface area contributed by atoms with Crippen LogP contribution in [0.1, 0.15) is 13.3 Å². The van der Waals surface area contributed by atoms with Gasteiger partial charge >= 0.3 is 0 Å². The van der Waals surface area contributed by atoms with Gasteiger partial charge in [0.15, 0.2) is 12.4 Å². The number of allylic oxidation sites excluding steroid dienone is 1. The van der Waals surface area contributed by atoms with Gasteiger partial charge in [-0.25, -0.2) is 0 Å². The normalized spacial score (nSPS) is 52.2. The summed E-state index contributed by atoms with van der Waals surface area (Å²) in [6.07, 6.45) is 1.53. The second-order valence-electron chi connectivity index (χ2n) is 4.60. The number of hydrogen-bond acceptors (Lipinski definition) is 4. The van der Waals surface area contributed by atoms with E-state index in [1.165, 1.54) is 0 Å². The SMILES string of the molecule is CC1=CC(O)C2C(C1)C(C#N)OC1OC12. The van der Waals surface area contributed by atoms with Crippen LogP contribution in [0.3, 0.4) is 0 Å². The van der Waals surface area contributed by atoms with Crippen LogP contribution < -0.4 is 0 Å². The lowest BCUT2D eigenvalue weighted by molar-refractivity contribution is -0.0588. The highest BCUT2D eigenvalue weighted by Gasteiger charge is 2.59. The molecular weight excluding hydrogens is 194 g/mol. The van der Waals surface area contributed by atoms with Gasteiger partial charge in [-0.1, -0.05) is 11.6 Å². The Morgan fingerprint density at radius 3 is 3.07 bits per heavy atom. The van der Waals surface area contributed by atoms with Crippen LogP contribution in [-0.2, 0) is 9.47 Å². The zero-order valence-electron chi connectivity index (χ0n) is 8.46. The highest BCUT2D eigenvalue weighted by Crippen LogP contribution is 2.48. The van der Waals surface area contributed by atoms with Crippen LogP contribution in [0, 0.1) is 23.2 Å². The molecule has 0 radical (unpaired) electrons. The van der Waals surface area contributed by atoms with Gasteiger partial charge in [0.2, 0.25) is 0 Å². The minimum atomic E-state index is -0.488. The van der Waals surface area contributed by atoms with Crippen LogP contribution >= 0.6 is 0 Å². The summed E-state index contributed by atoms with van der Waals surface area (Å²) in [5.41, 5.74) is 1.13. The van der Waals surface area contributed by atoms with E-state index in [-0.39, 0.29) is 24.2 Å². The molecule has 0 amide bonds. The lowest BCUT2D eigenvalue weighted by atomic mass is 9.72. The lowest BCUT2D eigenvalue weighted by Gasteiger charge is -2.37. The molecular formula is C11H13NO3. The molecule has 2 fully saturated rings. The van der Waals surface area contributed by atoms with Crippen molar-refractivity contribution < 1.29 is 14.6 Å². The molecule has 0 aromatic carbocycles. The molecule has 4 nitrogen and oxygen atoms in total. The number of rotatable bonds is 0. The van der Waals surface area contributed by atoms with Crippen LogP contribution in [0.2, 0.25) is 0 Å². The van der Waals surface area contributed by atoms with Crippen molar-refractivity contribution in [1.29, 1.82) is 5.26 Å². The topological polar surface area (TPSA) is 65.8 Å². The van der Waals surface area contributed by atoms with Crippen LogP contribution in [0.5, 0.6) is 0 Å². The van der Waals surface area contributed by atoms with E-state index in [1.54, 1.807) is 0 Å². The summed E-state index contributed by atoms with van der Waals surface area (Å²) in [4.78, 5) is 0. The molecule has 0 aromatic heterocycles. The Labute approximate surface area is 88.1 Å². The molecule has 2 saturated heterocycles.